The van der Waals surface area contributed by atoms with E-state index >= 15 is 0 Å². The smallest absolute Gasteiger partial charge is 0.271 e. The second-order valence-corrected chi connectivity index (χ2v) is 7.24. The highest BCUT2D eigenvalue weighted by atomic mass is 35.5. The van der Waals surface area contributed by atoms with Crippen LogP contribution in [0.1, 0.15) is 30.3 Å². The van der Waals surface area contributed by atoms with Gasteiger partial charge in [-0.3, -0.25) is 4.79 Å². The first-order valence-corrected chi connectivity index (χ1v) is 9.16. The van der Waals surface area contributed by atoms with Gasteiger partial charge in [0.2, 0.25) is 5.88 Å². The number of nitrogens with one attached hydrogen (secondary N) is 1. The molecule has 0 unspecified atom stereocenters. The number of aliphatic hydroxyl groups is 2. The molecule has 0 aliphatic heterocycles. The van der Waals surface area contributed by atoms with Crippen LogP contribution >= 0.6 is 11.6 Å². The Kier molecular flexibility index (Phi) is 5.94. The number of hydrogen-bond donors (Lipinski definition) is 3. The maximum absolute atomic E-state index is 12.5. The Morgan fingerprint density at radius 1 is 1.37 bits per heavy atom. The van der Waals surface area contributed by atoms with Crippen LogP contribution in [0, 0.1) is 5.92 Å². The predicted octanol–water partition coefficient (Wildman–Crippen LogP) is 2.06. The van der Waals surface area contributed by atoms with Crippen molar-refractivity contribution in [1.82, 2.24) is 15.3 Å². The van der Waals surface area contributed by atoms with Crippen LogP contribution in [-0.2, 0) is 0 Å². The Labute approximate surface area is 162 Å². The van der Waals surface area contributed by atoms with Crippen LogP contribution in [0.2, 0.25) is 5.02 Å². The lowest BCUT2D eigenvalue weighted by Gasteiger charge is -2.23. The topological polar surface area (TPSA) is 105 Å². The molecule has 8 heteroatoms. The molecule has 1 saturated carbocycles. The fourth-order valence-electron chi connectivity index (χ4n) is 2.73. The van der Waals surface area contributed by atoms with E-state index in [0.29, 0.717) is 16.3 Å². The summed E-state index contributed by atoms with van der Waals surface area (Å²) in [5.74, 6) is 0.0167. The van der Waals surface area contributed by atoms with E-state index in [1.54, 1.807) is 31.2 Å². The summed E-state index contributed by atoms with van der Waals surface area (Å²) in [5, 5.41) is 22.6. The van der Waals surface area contributed by atoms with Crippen LogP contribution < -0.4 is 10.1 Å². The highest BCUT2D eigenvalue weighted by molar-refractivity contribution is 6.30. The third-order valence-corrected chi connectivity index (χ3v) is 4.73. The fourth-order valence-corrected chi connectivity index (χ4v) is 2.86. The molecule has 7 nitrogen and oxygen atoms in total. The summed E-state index contributed by atoms with van der Waals surface area (Å²) in [7, 11) is 0. The maximum Gasteiger partial charge on any atom is 0.271 e. The second-order valence-electron chi connectivity index (χ2n) is 6.80. The van der Waals surface area contributed by atoms with Gasteiger partial charge in [0.05, 0.1) is 18.4 Å². The third kappa shape index (κ3) is 4.94. The molecule has 1 aliphatic rings. The summed E-state index contributed by atoms with van der Waals surface area (Å²) in [4.78, 5) is 21.0. The number of aromatic nitrogens is 2. The Balaban J connectivity index is 1.82. The average Bonchev–Trinajstić information content (AvgIpc) is 3.51. The molecule has 1 atom stereocenters. The Hall–Kier alpha value is -2.22. The molecule has 3 rings (SSSR count). The van der Waals surface area contributed by atoms with Crippen molar-refractivity contribution in [2.75, 3.05) is 19.8 Å². The molecule has 1 fully saturated rings. The van der Waals surface area contributed by atoms with E-state index in [0.717, 1.165) is 12.8 Å². The molecule has 1 aromatic carbocycles. The minimum atomic E-state index is -0.924. The lowest BCUT2D eigenvalue weighted by atomic mass is 10.0. The standard InChI is InChI=1S/C19H22ClN3O4/c1-19(26,13-4-5-13)11-22-17(25)15-10-21-18(27-9-8-24)16(23-15)12-2-6-14(20)7-3-12/h2-3,6-7,10,13,24,26H,4-5,8-9,11H2,1H3,(H,22,25)/t19-/m0/s1. The van der Waals surface area contributed by atoms with E-state index in [-0.39, 0.29) is 37.3 Å². The van der Waals surface area contributed by atoms with Gasteiger partial charge in [0.1, 0.15) is 18.0 Å². The van der Waals surface area contributed by atoms with Crippen LogP contribution in [0.25, 0.3) is 11.3 Å². The molecular formula is C19H22ClN3O4. The minimum Gasteiger partial charge on any atom is -0.474 e. The first-order chi connectivity index (χ1) is 12.9. The molecule has 0 radical (unpaired) electrons. The average molecular weight is 392 g/mol. The zero-order valence-corrected chi connectivity index (χ0v) is 15.7. The first-order valence-electron chi connectivity index (χ1n) is 8.78. The monoisotopic (exact) mass is 391 g/mol. The zero-order chi connectivity index (χ0) is 19.4. The summed E-state index contributed by atoms with van der Waals surface area (Å²) >= 11 is 5.93. The third-order valence-electron chi connectivity index (χ3n) is 4.48. The molecule has 1 aromatic heterocycles. The van der Waals surface area contributed by atoms with Crippen molar-refractivity contribution in [1.29, 1.82) is 0 Å². The Bertz CT molecular complexity index is 807. The molecule has 0 saturated heterocycles. The van der Waals surface area contributed by atoms with E-state index in [9.17, 15) is 9.90 Å². The molecule has 27 heavy (non-hydrogen) atoms. The molecular weight excluding hydrogens is 370 g/mol. The highest BCUT2D eigenvalue weighted by Gasteiger charge is 2.40. The molecule has 1 aliphatic carbocycles. The van der Waals surface area contributed by atoms with Gasteiger partial charge in [0, 0.05) is 17.1 Å². The Morgan fingerprint density at radius 3 is 2.70 bits per heavy atom. The van der Waals surface area contributed by atoms with Crippen molar-refractivity contribution in [3.8, 4) is 17.1 Å². The van der Waals surface area contributed by atoms with Crippen LogP contribution in [-0.4, -0.2) is 51.4 Å². The lowest BCUT2D eigenvalue weighted by molar-refractivity contribution is 0.0353. The van der Waals surface area contributed by atoms with Gasteiger partial charge in [-0.2, -0.15) is 0 Å². The number of amides is 1. The number of ether oxygens (including phenoxy) is 1. The first kappa shape index (κ1) is 19.5. The second kappa shape index (κ2) is 8.21. The van der Waals surface area contributed by atoms with E-state index < -0.39 is 11.5 Å². The van der Waals surface area contributed by atoms with Crippen molar-refractivity contribution in [2.45, 2.75) is 25.4 Å². The van der Waals surface area contributed by atoms with E-state index in [4.69, 9.17) is 21.4 Å². The molecule has 0 bridgehead atoms. The van der Waals surface area contributed by atoms with Crippen molar-refractivity contribution in [2.24, 2.45) is 5.92 Å². The number of rotatable bonds is 8. The van der Waals surface area contributed by atoms with Crippen LogP contribution in [0.3, 0.4) is 0 Å². The minimum absolute atomic E-state index is 0.0606. The fraction of sp³-hybridized carbons (Fsp3) is 0.421. The van der Waals surface area contributed by atoms with Gasteiger partial charge in [0.25, 0.3) is 5.91 Å². The van der Waals surface area contributed by atoms with Gasteiger partial charge in [-0.05, 0) is 37.8 Å². The van der Waals surface area contributed by atoms with Crippen molar-refractivity contribution in [3.05, 3.63) is 41.2 Å². The Morgan fingerprint density at radius 2 is 2.07 bits per heavy atom. The van der Waals surface area contributed by atoms with Gasteiger partial charge >= 0.3 is 0 Å². The van der Waals surface area contributed by atoms with Crippen molar-refractivity contribution >= 4 is 17.5 Å². The quantitative estimate of drug-likeness (QED) is 0.636. The van der Waals surface area contributed by atoms with Gasteiger partial charge in [-0.15, -0.1) is 0 Å². The van der Waals surface area contributed by atoms with Crippen LogP contribution in [0.4, 0.5) is 0 Å². The number of nitrogens with zero attached hydrogens (tertiary/aromatic N) is 2. The van der Waals surface area contributed by atoms with Gasteiger partial charge in [-0.25, -0.2) is 9.97 Å². The highest BCUT2D eigenvalue weighted by Crippen LogP contribution is 2.39. The number of aliphatic hydroxyl groups excluding tert-OH is 1. The number of hydrogen-bond acceptors (Lipinski definition) is 6. The number of carbonyl (C=O) groups excluding carboxylic acids is 1. The summed E-state index contributed by atoms with van der Waals surface area (Å²) < 4.78 is 5.43. The maximum atomic E-state index is 12.5. The van der Waals surface area contributed by atoms with Crippen LogP contribution in [0.15, 0.2) is 30.5 Å². The largest absolute Gasteiger partial charge is 0.474 e. The SMILES string of the molecule is C[C@](O)(CNC(=O)c1cnc(OCCO)c(-c2ccc(Cl)cc2)n1)C1CC1. The normalized spacial score (nSPS) is 15.9. The predicted molar refractivity (Wildman–Crippen MR) is 101 cm³/mol. The van der Waals surface area contributed by atoms with Crippen molar-refractivity contribution in [3.63, 3.8) is 0 Å². The summed E-state index contributed by atoms with van der Waals surface area (Å²) in [6, 6.07) is 6.90. The molecule has 3 N–H and O–H groups in total. The summed E-state index contributed by atoms with van der Waals surface area (Å²) in [6.07, 6.45) is 3.26. The summed E-state index contributed by atoms with van der Waals surface area (Å²) in [5.41, 5.74) is 0.246. The van der Waals surface area contributed by atoms with Crippen molar-refractivity contribution < 1.29 is 19.7 Å². The lowest BCUT2D eigenvalue weighted by Crippen LogP contribution is -2.42. The van der Waals surface area contributed by atoms with E-state index in [2.05, 4.69) is 15.3 Å². The van der Waals surface area contributed by atoms with Gasteiger partial charge < -0.3 is 20.3 Å². The van der Waals surface area contributed by atoms with Gasteiger partial charge in [0.15, 0.2) is 0 Å². The zero-order valence-electron chi connectivity index (χ0n) is 15.0. The molecule has 0 spiro atoms. The van der Waals surface area contributed by atoms with E-state index in [1.165, 1.54) is 6.20 Å². The molecule has 144 valence electrons. The number of halogens is 1. The van der Waals surface area contributed by atoms with Gasteiger partial charge in [-0.1, -0.05) is 23.7 Å². The molecule has 2 aromatic rings. The number of carbonyl (C=O) groups is 1. The van der Waals surface area contributed by atoms with E-state index in [1.807, 2.05) is 0 Å². The molecule has 1 heterocycles. The summed E-state index contributed by atoms with van der Waals surface area (Å²) in [6.45, 7) is 1.77. The number of benzene rings is 1. The van der Waals surface area contributed by atoms with Crippen LogP contribution in [0.5, 0.6) is 5.88 Å². The molecule has 1 amide bonds.